The van der Waals surface area contributed by atoms with Gasteiger partial charge in [0.1, 0.15) is 0 Å². The van der Waals surface area contributed by atoms with Crippen LogP contribution in [-0.2, 0) is 17.1 Å². The molecule has 0 fully saturated rings. The smallest absolute Gasteiger partial charge is 0 e. The molecule has 63 valence electrons. The molecule has 12 heavy (non-hydrogen) atoms. The van der Waals surface area contributed by atoms with Gasteiger partial charge in [-0.1, -0.05) is 36.4 Å². The number of allylic oxidation sites excluding steroid dienone is 4. The molecule has 0 N–H and O–H groups in total. The van der Waals surface area contributed by atoms with Crippen LogP contribution in [0.5, 0.6) is 0 Å². The van der Waals surface area contributed by atoms with Crippen LogP contribution >= 0.6 is 0 Å². The maximum Gasteiger partial charge on any atom is 0 e. The van der Waals surface area contributed by atoms with Crippen molar-refractivity contribution in [1.29, 1.82) is 0 Å². The van der Waals surface area contributed by atoms with Crippen molar-refractivity contribution in [2.75, 3.05) is 0 Å². The minimum atomic E-state index is 0. The second kappa shape index (κ2) is 8.32. The van der Waals surface area contributed by atoms with Gasteiger partial charge in [-0.05, 0) is 0 Å². The Kier molecular flexibility index (Phi) is 7.78. The Morgan fingerprint density at radius 3 is 1.50 bits per heavy atom. The van der Waals surface area contributed by atoms with Crippen molar-refractivity contribution in [3.8, 4) is 0 Å². The summed E-state index contributed by atoms with van der Waals surface area (Å²) in [6, 6.07) is 12.0. The molecule has 0 saturated carbocycles. The van der Waals surface area contributed by atoms with Gasteiger partial charge >= 0.3 is 0 Å². The van der Waals surface area contributed by atoms with E-state index >= 15 is 0 Å². The SMILES string of the molecule is [C-]1=CC=CC1.[Mn].c1ccccc1. The summed E-state index contributed by atoms with van der Waals surface area (Å²) >= 11 is 0. The van der Waals surface area contributed by atoms with Gasteiger partial charge < -0.3 is 0 Å². The molecule has 0 saturated heterocycles. The average Bonchev–Trinajstić information content (AvgIpc) is 2.64. The predicted molar refractivity (Wildman–Crippen MR) is 48.0 cm³/mol. The second-order valence-electron chi connectivity index (χ2n) is 2.16. The van der Waals surface area contributed by atoms with Crippen LogP contribution in [0.4, 0.5) is 0 Å². The summed E-state index contributed by atoms with van der Waals surface area (Å²) in [5.41, 5.74) is 0. The predicted octanol–water partition coefficient (Wildman–Crippen LogP) is 2.99. The van der Waals surface area contributed by atoms with Crippen molar-refractivity contribution in [2.24, 2.45) is 0 Å². The Bertz CT molecular complexity index is 187. The van der Waals surface area contributed by atoms with Crippen LogP contribution in [0.25, 0.3) is 0 Å². The molecule has 0 amide bonds. The van der Waals surface area contributed by atoms with E-state index in [0.717, 1.165) is 6.42 Å². The fourth-order valence-corrected chi connectivity index (χ4v) is 0.725. The van der Waals surface area contributed by atoms with Gasteiger partial charge in [0.25, 0.3) is 0 Å². The van der Waals surface area contributed by atoms with E-state index in [0.29, 0.717) is 0 Å². The number of hydrogen-bond donors (Lipinski definition) is 0. The fourth-order valence-electron chi connectivity index (χ4n) is 0.725. The van der Waals surface area contributed by atoms with Gasteiger partial charge in [0.15, 0.2) is 0 Å². The van der Waals surface area contributed by atoms with E-state index in [1.165, 1.54) is 0 Å². The van der Waals surface area contributed by atoms with Crippen molar-refractivity contribution in [1.82, 2.24) is 0 Å². The molecular formula is C11H11Mn-. The molecule has 1 aromatic carbocycles. The molecule has 0 spiro atoms. The van der Waals surface area contributed by atoms with Gasteiger partial charge in [-0.3, -0.25) is 6.08 Å². The third kappa shape index (κ3) is 5.96. The molecule has 1 aromatic rings. The Labute approximate surface area is 84.5 Å². The summed E-state index contributed by atoms with van der Waals surface area (Å²) in [5.74, 6) is 0. The van der Waals surface area contributed by atoms with Crippen LogP contribution in [0, 0.1) is 6.08 Å². The molecule has 0 aromatic heterocycles. The van der Waals surface area contributed by atoms with E-state index in [1.54, 1.807) is 0 Å². The Hall–Kier alpha value is -0.781. The van der Waals surface area contributed by atoms with E-state index in [9.17, 15) is 0 Å². The van der Waals surface area contributed by atoms with Gasteiger partial charge in [-0.25, -0.2) is 12.2 Å². The molecule has 0 aliphatic heterocycles. The zero-order chi connectivity index (χ0) is 7.78. The van der Waals surface area contributed by atoms with Crippen molar-refractivity contribution < 1.29 is 17.1 Å². The summed E-state index contributed by atoms with van der Waals surface area (Å²) in [6.45, 7) is 0. The largest absolute Gasteiger partial charge is 0.273 e. The molecule has 0 bridgehead atoms. The minimum absolute atomic E-state index is 0. The molecule has 0 unspecified atom stereocenters. The molecule has 1 aliphatic rings. The standard InChI is InChI=1S/C6H6.C5H5.Mn/c1-2-4-6-5-3-1;1-2-4-5-3-1;/h1-6H;1-3H,4H2;/q;-1;. The van der Waals surface area contributed by atoms with E-state index < -0.39 is 0 Å². The van der Waals surface area contributed by atoms with Crippen molar-refractivity contribution in [3.63, 3.8) is 0 Å². The van der Waals surface area contributed by atoms with Crippen LogP contribution < -0.4 is 0 Å². The first-order chi connectivity index (χ1) is 5.50. The normalized spacial score (nSPS) is 11.3. The monoisotopic (exact) mass is 198 g/mol. The minimum Gasteiger partial charge on any atom is -0.273 e. The zero-order valence-electron chi connectivity index (χ0n) is 6.78. The molecular weight excluding hydrogens is 187 g/mol. The quantitative estimate of drug-likeness (QED) is 0.444. The molecule has 1 radical (unpaired) electrons. The van der Waals surface area contributed by atoms with E-state index in [1.807, 2.05) is 48.6 Å². The molecule has 0 atom stereocenters. The van der Waals surface area contributed by atoms with Gasteiger partial charge in [-0.2, -0.15) is 6.08 Å². The molecule has 1 heteroatoms. The summed E-state index contributed by atoms with van der Waals surface area (Å²) in [7, 11) is 0. The van der Waals surface area contributed by atoms with Gasteiger partial charge in [0.2, 0.25) is 0 Å². The number of rotatable bonds is 0. The third-order valence-corrected chi connectivity index (χ3v) is 1.25. The number of hydrogen-bond acceptors (Lipinski definition) is 0. The summed E-state index contributed by atoms with van der Waals surface area (Å²) < 4.78 is 0. The molecule has 0 heterocycles. The van der Waals surface area contributed by atoms with Crippen molar-refractivity contribution >= 4 is 0 Å². The first-order valence-electron chi connectivity index (χ1n) is 3.72. The van der Waals surface area contributed by atoms with Crippen LogP contribution in [0.15, 0.2) is 54.6 Å². The second-order valence-corrected chi connectivity index (χ2v) is 2.16. The van der Waals surface area contributed by atoms with Crippen LogP contribution in [-0.4, -0.2) is 0 Å². The van der Waals surface area contributed by atoms with Crippen LogP contribution in [0.2, 0.25) is 0 Å². The van der Waals surface area contributed by atoms with E-state index in [2.05, 4.69) is 12.2 Å². The molecule has 2 rings (SSSR count). The van der Waals surface area contributed by atoms with Gasteiger partial charge in [0, 0.05) is 17.1 Å². The van der Waals surface area contributed by atoms with Gasteiger partial charge in [0.05, 0.1) is 0 Å². The first-order valence-corrected chi connectivity index (χ1v) is 3.72. The topological polar surface area (TPSA) is 0 Å². The fraction of sp³-hybridized carbons (Fsp3) is 0.0909. The Morgan fingerprint density at radius 2 is 1.33 bits per heavy atom. The van der Waals surface area contributed by atoms with Crippen LogP contribution in [0.3, 0.4) is 0 Å². The van der Waals surface area contributed by atoms with Crippen LogP contribution in [0.1, 0.15) is 6.42 Å². The Balaban J connectivity index is 0.000000189. The first kappa shape index (κ1) is 11.2. The maximum atomic E-state index is 2.99. The van der Waals surface area contributed by atoms with Crippen molar-refractivity contribution in [2.45, 2.75) is 6.42 Å². The zero-order valence-corrected chi connectivity index (χ0v) is 7.96. The van der Waals surface area contributed by atoms with Crippen molar-refractivity contribution in [3.05, 3.63) is 60.7 Å². The van der Waals surface area contributed by atoms with E-state index in [4.69, 9.17) is 0 Å². The maximum absolute atomic E-state index is 2.99. The summed E-state index contributed by atoms with van der Waals surface area (Å²) in [4.78, 5) is 0. The summed E-state index contributed by atoms with van der Waals surface area (Å²) in [6.07, 6.45) is 10.0. The molecule has 0 nitrogen and oxygen atoms in total. The third-order valence-electron chi connectivity index (χ3n) is 1.25. The molecule has 1 aliphatic carbocycles. The number of benzene rings is 1. The Morgan fingerprint density at radius 1 is 0.833 bits per heavy atom. The van der Waals surface area contributed by atoms with Gasteiger partial charge in [-0.15, -0.1) is 6.42 Å². The average molecular weight is 198 g/mol. The summed E-state index contributed by atoms with van der Waals surface area (Å²) in [5, 5.41) is 0. The van der Waals surface area contributed by atoms with E-state index in [-0.39, 0.29) is 17.1 Å².